The van der Waals surface area contributed by atoms with E-state index in [2.05, 4.69) is 41.6 Å². The molecule has 21 heavy (non-hydrogen) atoms. The zero-order valence-electron chi connectivity index (χ0n) is 13.5. The third kappa shape index (κ3) is 3.72. The number of amides is 1. The molecule has 2 rings (SSSR count). The van der Waals surface area contributed by atoms with Crippen LogP contribution in [0.2, 0.25) is 0 Å². The Hall–Kier alpha value is -1.63. The third-order valence-electron chi connectivity index (χ3n) is 3.75. The Morgan fingerprint density at radius 2 is 2.14 bits per heavy atom. The first-order valence-corrected chi connectivity index (χ1v) is 7.28. The summed E-state index contributed by atoms with van der Waals surface area (Å²) in [7, 11) is 1.67. The van der Waals surface area contributed by atoms with Gasteiger partial charge in [0.2, 0.25) is 11.8 Å². The summed E-state index contributed by atoms with van der Waals surface area (Å²) >= 11 is 0. The Balaban J connectivity index is 1.98. The van der Waals surface area contributed by atoms with Gasteiger partial charge in [-0.25, -0.2) is 0 Å². The molecule has 7 heteroatoms. The Kier molecular flexibility index (Phi) is 4.22. The van der Waals surface area contributed by atoms with Crippen molar-refractivity contribution in [1.82, 2.24) is 20.8 Å². The van der Waals surface area contributed by atoms with Crippen LogP contribution in [0, 0.1) is 5.41 Å². The fourth-order valence-corrected chi connectivity index (χ4v) is 2.40. The van der Waals surface area contributed by atoms with Crippen molar-refractivity contribution in [3.63, 3.8) is 0 Å². The van der Waals surface area contributed by atoms with E-state index in [1.807, 2.05) is 11.8 Å². The van der Waals surface area contributed by atoms with Gasteiger partial charge < -0.3 is 20.0 Å². The summed E-state index contributed by atoms with van der Waals surface area (Å²) in [6.07, 6.45) is 0.782. The van der Waals surface area contributed by atoms with Crippen LogP contribution < -0.4 is 15.5 Å². The topological polar surface area (TPSA) is 83.3 Å². The first-order valence-electron chi connectivity index (χ1n) is 7.28. The van der Waals surface area contributed by atoms with Gasteiger partial charge in [-0.1, -0.05) is 5.10 Å². The quantitative estimate of drug-likeness (QED) is 0.859. The molecule has 0 radical (unpaired) electrons. The van der Waals surface area contributed by atoms with E-state index in [1.54, 1.807) is 7.05 Å². The average molecular weight is 295 g/mol. The van der Waals surface area contributed by atoms with Gasteiger partial charge in [-0.05, 0) is 34.1 Å². The molecule has 1 amide bonds. The van der Waals surface area contributed by atoms with Crippen LogP contribution in [0.25, 0.3) is 0 Å². The van der Waals surface area contributed by atoms with E-state index in [4.69, 9.17) is 4.42 Å². The molecule has 0 aromatic carbocycles. The number of hydrogen-bond donors (Lipinski definition) is 2. The molecule has 0 bridgehead atoms. The Bertz CT molecular complexity index is 508. The minimum Gasteiger partial charge on any atom is -0.407 e. The number of anilines is 1. The van der Waals surface area contributed by atoms with Gasteiger partial charge in [0.1, 0.15) is 0 Å². The first-order chi connectivity index (χ1) is 9.73. The summed E-state index contributed by atoms with van der Waals surface area (Å²) in [6, 6.07) is 0.494. The van der Waals surface area contributed by atoms with Crippen LogP contribution in [0.3, 0.4) is 0 Å². The molecule has 1 saturated heterocycles. The minimum absolute atomic E-state index is 0.0000641. The summed E-state index contributed by atoms with van der Waals surface area (Å²) in [5.74, 6) is 0.618. The van der Waals surface area contributed by atoms with Crippen molar-refractivity contribution in [2.24, 2.45) is 5.41 Å². The molecular weight excluding hydrogens is 270 g/mol. The standard InChI is InChI=1S/C14H25N5O2/c1-13(2,3)16-8-10-17-18-12(21-10)19-7-6-14(4,9-19)11(20)15-5/h16H,6-9H2,1-5H3,(H,15,20). The number of carbonyl (C=O) groups excluding carboxylic acids is 1. The maximum atomic E-state index is 11.9. The van der Waals surface area contributed by atoms with Crippen LogP contribution in [-0.4, -0.2) is 41.8 Å². The van der Waals surface area contributed by atoms with Crippen LogP contribution in [0.15, 0.2) is 4.42 Å². The van der Waals surface area contributed by atoms with Gasteiger partial charge in [-0.3, -0.25) is 4.79 Å². The molecule has 1 aliphatic rings. The highest BCUT2D eigenvalue weighted by molar-refractivity contribution is 5.83. The maximum Gasteiger partial charge on any atom is 0.318 e. The lowest BCUT2D eigenvalue weighted by Gasteiger charge is -2.21. The van der Waals surface area contributed by atoms with E-state index in [-0.39, 0.29) is 11.4 Å². The molecule has 1 aromatic heterocycles. The molecule has 118 valence electrons. The molecule has 1 fully saturated rings. The molecule has 1 unspecified atom stereocenters. The first kappa shape index (κ1) is 15.8. The maximum absolute atomic E-state index is 11.9. The molecule has 0 aliphatic carbocycles. The van der Waals surface area contributed by atoms with Gasteiger partial charge in [-0.2, -0.15) is 0 Å². The monoisotopic (exact) mass is 295 g/mol. The number of nitrogens with zero attached hydrogens (tertiary/aromatic N) is 3. The van der Waals surface area contributed by atoms with Crippen molar-refractivity contribution in [2.45, 2.75) is 46.2 Å². The van der Waals surface area contributed by atoms with Crippen molar-refractivity contribution in [3.05, 3.63) is 5.89 Å². The van der Waals surface area contributed by atoms with Gasteiger partial charge >= 0.3 is 6.01 Å². The van der Waals surface area contributed by atoms with Crippen molar-refractivity contribution in [2.75, 3.05) is 25.0 Å². The molecule has 1 aliphatic heterocycles. The highest BCUT2D eigenvalue weighted by atomic mass is 16.4. The number of aromatic nitrogens is 2. The molecule has 0 saturated carbocycles. The van der Waals surface area contributed by atoms with Crippen LogP contribution in [0.4, 0.5) is 6.01 Å². The molecular formula is C14H25N5O2. The largest absolute Gasteiger partial charge is 0.407 e. The lowest BCUT2D eigenvalue weighted by Crippen LogP contribution is -2.39. The SMILES string of the molecule is CNC(=O)C1(C)CCN(c2nnc(CNC(C)(C)C)o2)C1. The smallest absolute Gasteiger partial charge is 0.318 e. The molecule has 1 aromatic rings. The molecule has 7 nitrogen and oxygen atoms in total. The predicted molar refractivity (Wildman–Crippen MR) is 79.9 cm³/mol. The Morgan fingerprint density at radius 3 is 2.76 bits per heavy atom. The fraction of sp³-hybridized carbons (Fsp3) is 0.786. The second kappa shape index (κ2) is 5.63. The predicted octanol–water partition coefficient (Wildman–Crippen LogP) is 0.920. The normalized spacial score (nSPS) is 22.6. The summed E-state index contributed by atoms with van der Waals surface area (Å²) < 4.78 is 5.68. The van der Waals surface area contributed by atoms with Crippen LogP contribution in [0.5, 0.6) is 0 Å². The molecule has 0 spiro atoms. The molecule has 2 heterocycles. The Labute approximate surface area is 125 Å². The van der Waals surface area contributed by atoms with E-state index < -0.39 is 5.41 Å². The van der Waals surface area contributed by atoms with Crippen molar-refractivity contribution >= 4 is 11.9 Å². The lowest BCUT2D eigenvalue weighted by atomic mass is 9.89. The summed E-state index contributed by atoms with van der Waals surface area (Å²) in [5, 5.41) is 14.2. The number of rotatable bonds is 4. The minimum atomic E-state index is -0.396. The van der Waals surface area contributed by atoms with Gasteiger partial charge in [0.25, 0.3) is 0 Å². The highest BCUT2D eigenvalue weighted by Gasteiger charge is 2.41. The van der Waals surface area contributed by atoms with Crippen molar-refractivity contribution in [1.29, 1.82) is 0 Å². The van der Waals surface area contributed by atoms with Crippen LogP contribution in [0.1, 0.15) is 40.0 Å². The molecule has 2 N–H and O–H groups in total. The zero-order chi connectivity index (χ0) is 15.7. The summed E-state index contributed by atoms with van der Waals surface area (Å²) in [6.45, 7) is 10.1. The van der Waals surface area contributed by atoms with Gasteiger partial charge in [0, 0.05) is 25.7 Å². The second-order valence-corrected chi connectivity index (χ2v) is 6.89. The van der Waals surface area contributed by atoms with Crippen LogP contribution in [-0.2, 0) is 11.3 Å². The van der Waals surface area contributed by atoms with Crippen LogP contribution >= 0.6 is 0 Å². The van der Waals surface area contributed by atoms with Gasteiger partial charge in [0.15, 0.2) is 0 Å². The van der Waals surface area contributed by atoms with Crippen molar-refractivity contribution < 1.29 is 9.21 Å². The fourth-order valence-electron chi connectivity index (χ4n) is 2.40. The van der Waals surface area contributed by atoms with Gasteiger partial charge in [0.05, 0.1) is 12.0 Å². The van der Waals surface area contributed by atoms with Gasteiger partial charge in [-0.15, -0.1) is 5.10 Å². The summed E-state index contributed by atoms with van der Waals surface area (Å²) in [5.41, 5.74) is -0.396. The lowest BCUT2D eigenvalue weighted by molar-refractivity contribution is -0.128. The zero-order valence-corrected chi connectivity index (χ0v) is 13.5. The van der Waals surface area contributed by atoms with Crippen molar-refractivity contribution in [3.8, 4) is 0 Å². The number of carbonyl (C=O) groups is 1. The van der Waals surface area contributed by atoms with E-state index in [0.717, 1.165) is 13.0 Å². The molecule has 1 atom stereocenters. The van der Waals surface area contributed by atoms with E-state index in [1.165, 1.54) is 0 Å². The Morgan fingerprint density at radius 1 is 1.43 bits per heavy atom. The highest BCUT2D eigenvalue weighted by Crippen LogP contribution is 2.32. The van der Waals surface area contributed by atoms with E-state index in [9.17, 15) is 4.79 Å². The third-order valence-corrected chi connectivity index (χ3v) is 3.75. The second-order valence-electron chi connectivity index (χ2n) is 6.89. The van der Waals surface area contributed by atoms with E-state index >= 15 is 0 Å². The number of nitrogens with one attached hydrogen (secondary N) is 2. The summed E-state index contributed by atoms with van der Waals surface area (Å²) in [4.78, 5) is 13.9. The average Bonchev–Trinajstić information content (AvgIpc) is 3.02. The van der Waals surface area contributed by atoms with E-state index in [0.29, 0.717) is 25.0 Å². The number of hydrogen-bond acceptors (Lipinski definition) is 6.